The van der Waals surface area contributed by atoms with Gasteiger partial charge in [0.15, 0.2) is 11.0 Å². The zero-order valence-corrected chi connectivity index (χ0v) is 16.9. The number of halogens is 1. The predicted molar refractivity (Wildman–Crippen MR) is 109 cm³/mol. The Morgan fingerprint density at radius 3 is 2.66 bits per heavy atom. The lowest BCUT2D eigenvalue weighted by Crippen LogP contribution is -2.15. The first-order valence-corrected chi connectivity index (χ1v) is 9.95. The fourth-order valence-corrected chi connectivity index (χ4v) is 3.41. The average molecular weight is 416 g/mol. The summed E-state index contributed by atoms with van der Waals surface area (Å²) in [6.07, 6.45) is 0. The summed E-state index contributed by atoms with van der Waals surface area (Å²) < 4.78 is 25.7. The minimum atomic E-state index is -0.320. The molecule has 0 fully saturated rings. The first-order chi connectivity index (χ1) is 14.1. The van der Waals surface area contributed by atoms with E-state index in [2.05, 4.69) is 15.5 Å². The molecule has 29 heavy (non-hydrogen) atoms. The van der Waals surface area contributed by atoms with Crippen LogP contribution in [0, 0.1) is 5.82 Å². The highest BCUT2D eigenvalue weighted by molar-refractivity contribution is 7.99. The number of hydrogen-bond donors (Lipinski definition) is 1. The van der Waals surface area contributed by atoms with Crippen molar-refractivity contribution in [1.82, 2.24) is 14.8 Å². The van der Waals surface area contributed by atoms with Crippen LogP contribution in [0.4, 0.5) is 10.1 Å². The van der Waals surface area contributed by atoms with Gasteiger partial charge < -0.3 is 19.4 Å². The molecule has 152 valence electrons. The Balaban J connectivity index is 1.58. The van der Waals surface area contributed by atoms with Crippen LogP contribution in [0.5, 0.6) is 11.5 Å². The molecule has 0 bridgehead atoms. The van der Waals surface area contributed by atoms with Crippen LogP contribution >= 0.6 is 11.8 Å². The molecular formula is C20H21FN4O3S. The number of benzene rings is 2. The molecule has 0 atom stereocenters. The van der Waals surface area contributed by atoms with E-state index < -0.39 is 0 Å². The van der Waals surface area contributed by atoms with E-state index in [1.807, 2.05) is 23.6 Å². The number of hydrogen-bond acceptors (Lipinski definition) is 6. The summed E-state index contributed by atoms with van der Waals surface area (Å²) in [5, 5.41) is 11.8. The number of para-hydroxylation sites is 2. The fourth-order valence-electron chi connectivity index (χ4n) is 2.59. The van der Waals surface area contributed by atoms with Gasteiger partial charge in [-0.05, 0) is 43.3 Å². The minimum Gasteiger partial charge on any atom is -0.495 e. The normalized spacial score (nSPS) is 10.6. The maximum atomic E-state index is 13.0. The first-order valence-electron chi connectivity index (χ1n) is 8.96. The Labute approximate surface area is 172 Å². The standard InChI is InChI=1S/C20H21FN4O3S/c1-3-25-18(12-28-15-10-8-14(21)9-11-15)23-24-20(25)29-13-19(26)22-16-6-4-5-7-17(16)27-2/h4-11H,3,12-13H2,1-2H3,(H,22,26). The predicted octanol–water partition coefficient (Wildman–Crippen LogP) is 3.76. The van der Waals surface area contributed by atoms with E-state index in [0.29, 0.717) is 34.7 Å². The number of rotatable bonds is 9. The summed E-state index contributed by atoms with van der Waals surface area (Å²) in [6.45, 7) is 2.79. The molecule has 0 saturated heterocycles. The van der Waals surface area contributed by atoms with Crippen molar-refractivity contribution in [2.24, 2.45) is 0 Å². The number of anilines is 1. The first kappa shape index (κ1) is 20.7. The number of amides is 1. The van der Waals surface area contributed by atoms with Crippen molar-refractivity contribution in [1.29, 1.82) is 0 Å². The van der Waals surface area contributed by atoms with Gasteiger partial charge in [0.05, 0.1) is 18.6 Å². The van der Waals surface area contributed by atoms with E-state index in [4.69, 9.17) is 9.47 Å². The second-order valence-corrected chi connectivity index (χ2v) is 6.87. The van der Waals surface area contributed by atoms with Crippen LogP contribution in [-0.2, 0) is 17.9 Å². The molecule has 0 aliphatic carbocycles. The van der Waals surface area contributed by atoms with Gasteiger partial charge in [-0.15, -0.1) is 10.2 Å². The van der Waals surface area contributed by atoms with Crippen molar-refractivity contribution in [3.8, 4) is 11.5 Å². The second-order valence-electron chi connectivity index (χ2n) is 5.92. The largest absolute Gasteiger partial charge is 0.495 e. The number of carbonyl (C=O) groups is 1. The Bertz CT molecular complexity index is 963. The molecule has 0 aliphatic rings. The summed E-state index contributed by atoms with van der Waals surface area (Å²) in [6, 6.07) is 13.0. The average Bonchev–Trinajstić information content (AvgIpc) is 3.14. The molecule has 0 saturated carbocycles. The summed E-state index contributed by atoms with van der Waals surface area (Å²) in [4.78, 5) is 12.3. The van der Waals surface area contributed by atoms with Crippen molar-refractivity contribution in [3.63, 3.8) is 0 Å². The van der Waals surface area contributed by atoms with Gasteiger partial charge in [-0.25, -0.2) is 4.39 Å². The number of ether oxygens (including phenoxy) is 2. The van der Waals surface area contributed by atoms with Crippen molar-refractivity contribution in [2.75, 3.05) is 18.2 Å². The quantitative estimate of drug-likeness (QED) is 0.535. The van der Waals surface area contributed by atoms with Gasteiger partial charge in [-0.1, -0.05) is 23.9 Å². The van der Waals surface area contributed by atoms with E-state index >= 15 is 0 Å². The van der Waals surface area contributed by atoms with E-state index in [-0.39, 0.29) is 24.1 Å². The lowest BCUT2D eigenvalue weighted by molar-refractivity contribution is -0.113. The van der Waals surface area contributed by atoms with E-state index in [1.165, 1.54) is 23.9 Å². The topological polar surface area (TPSA) is 78.3 Å². The number of nitrogens with zero attached hydrogens (tertiary/aromatic N) is 3. The van der Waals surface area contributed by atoms with Gasteiger partial charge in [0, 0.05) is 6.54 Å². The highest BCUT2D eigenvalue weighted by Crippen LogP contribution is 2.24. The van der Waals surface area contributed by atoms with Crippen LogP contribution in [0.25, 0.3) is 0 Å². The molecule has 3 aromatic rings. The van der Waals surface area contributed by atoms with Crippen LogP contribution in [0.15, 0.2) is 53.7 Å². The lowest BCUT2D eigenvalue weighted by atomic mass is 10.3. The van der Waals surface area contributed by atoms with Crippen LogP contribution in [0.1, 0.15) is 12.7 Å². The van der Waals surface area contributed by atoms with Crippen LogP contribution in [0.2, 0.25) is 0 Å². The monoisotopic (exact) mass is 416 g/mol. The van der Waals surface area contributed by atoms with Crippen molar-refractivity contribution in [2.45, 2.75) is 25.2 Å². The smallest absolute Gasteiger partial charge is 0.234 e. The summed E-state index contributed by atoms with van der Waals surface area (Å²) >= 11 is 1.29. The summed E-state index contributed by atoms with van der Waals surface area (Å²) in [5.74, 6) is 1.46. The van der Waals surface area contributed by atoms with Gasteiger partial charge in [0.1, 0.15) is 23.9 Å². The number of aromatic nitrogens is 3. The van der Waals surface area contributed by atoms with E-state index in [0.717, 1.165) is 0 Å². The van der Waals surface area contributed by atoms with E-state index in [1.54, 1.807) is 31.4 Å². The zero-order chi connectivity index (χ0) is 20.6. The Morgan fingerprint density at radius 1 is 1.17 bits per heavy atom. The number of nitrogens with one attached hydrogen (secondary N) is 1. The maximum absolute atomic E-state index is 13.0. The maximum Gasteiger partial charge on any atom is 0.234 e. The minimum absolute atomic E-state index is 0.172. The molecule has 7 nitrogen and oxygen atoms in total. The van der Waals surface area contributed by atoms with Gasteiger partial charge in [0.25, 0.3) is 0 Å². The van der Waals surface area contributed by atoms with Crippen molar-refractivity contribution >= 4 is 23.4 Å². The van der Waals surface area contributed by atoms with Crippen molar-refractivity contribution < 1.29 is 18.7 Å². The van der Waals surface area contributed by atoms with E-state index in [9.17, 15) is 9.18 Å². The van der Waals surface area contributed by atoms with Crippen LogP contribution in [-0.4, -0.2) is 33.5 Å². The molecule has 1 heterocycles. The molecule has 0 spiro atoms. The third-order valence-electron chi connectivity index (χ3n) is 4.00. The molecule has 1 aromatic heterocycles. The third kappa shape index (κ3) is 5.47. The van der Waals surface area contributed by atoms with Crippen LogP contribution in [0.3, 0.4) is 0 Å². The summed E-state index contributed by atoms with van der Waals surface area (Å²) in [5.41, 5.74) is 0.617. The van der Waals surface area contributed by atoms with Crippen LogP contribution < -0.4 is 14.8 Å². The number of thioether (sulfide) groups is 1. The SMILES string of the molecule is CCn1c(COc2ccc(F)cc2)nnc1SCC(=O)Nc1ccccc1OC. The van der Waals surface area contributed by atoms with Gasteiger partial charge in [0.2, 0.25) is 5.91 Å². The Kier molecular flexibility index (Phi) is 7.07. The molecule has 9 heteroatoms. The molecule has 0 aliphatic heterocycles. The zero-order valence-electron chi connectivity index (χ0n) is 16.1. The molecule has 1 amide bonds. The fraction of sp³-hybridized carbons (Fsp3) is 0.250. The third-order valence-corrected chi connectivity index (χ3v) is 4.97. The molecule has 1 N–H and O–H groups in total. The lowest BCUT2D eigenvalue weighted by Gasteiger charge is -2.10. The molecule has 0 radical (unpaired) electrons. The highest BCUT2D eigenvalue weighted by Gasteiger charge is 2.14. The second kappa shape index (κ2) is 9.92. The molecule has 3 rings (SSSR count). The Hall–Kier alpha value is -3.07. The van der Waals surface area contributed by atoms with Gasteiger partial charge in [-0.3, -0.25) is 4.79 Å². The Morgan fingerprint density at radius 2 is 1.93 bits per heavy atom. The molecule has 2 aromatic carbocycles. The number of carbonyl (C=O) groups excluding carboxylic acids is 1. The number of methoxy groups -OCH3 is 1. The molecule has 0 unspecified atom stereocenters. The molecular weight excluding hydrogens is 395 g/mol. The van der Waals surface area contributed by atoms with Crippen molar-refractivity contribution in [3.05, 3.63) is 60.2 Å². The summed E-state index contributed by atoms with van der Waals surface area (Å²) in [7, 11) is 1.55. The van der Waals surface area contributed by atoms with Gasteiger partial charge in [-0.2, -0.15) is 0 Å². The van der Waals surface area contributed by atoms with Gasteiger partial charge >= 0.3 is 0 Å². The highest BCUT2D eigenvalue weighted by atomic mass is 32.2.